The lowest BCUT2D eigenvalue weighted by Gasteiger charge is -2.11. The number of hydrogen-bond acceptors (Lipinski definition) is 5. The number of rotatable bonds is 8. The lowest BCUT2D eigenvalue weighted by molar-refractivity contribution is 0.0953. The van der Waals surface area contributed by atoms with Crippen LogP contribution in [-0.4, -0.2) is 32.2 Å². The molecule has 0 radical (unpaired) electrons. The van der Waals surface area contributed by atoms with Crippen LogP contribution in [0.2, 0.25) is 0 Å². The number of nitrogens with one attached hydrogen (secondary N) is 2. The SMILES string of the molecule is CC(C)n1c(CCNC(=O)c2cccc(OCc3cccnc3)c2)n[nH]c1=S. The Balaban J connectivity index is 1.55. The molecular formula is C20H23N5O2S. The zero-order valence-corrected chi connectivity index (χ0v) is 16.7. The monoisotopic (exact) mass is 397 g/mol. The first-order valence-electron chi connectivity index (χ1n) is 9.10. The van der Waals surface area contributed by atoms with Crippen LogP contribution in [-0.2, 0) is 13.0 Å². The highest BCUT2D eigenvalue weighted by molar-refractivity contribution is 7.71. The van der Waals surface area contributed by atoms with Crippen molar-refractivity contribution >= 4 is 18.1 Å². The molecule has 0 saturated heterocycles. The Morgan fingerprint density at radius 2 is 2.18 bits per heavy atom. The number of aromatic nitrogens is 4. The fraction of sp³-hybridized carbons (Fsp3) is 0.300. The van der Waals surface area contributed by atoms with E-state index < -0.39 is 0 Å². The molecule has 0 atom stereocenters. The molecule has 146 valence electrons. The van der Waals surface area contributed by atoms with Crippen molar-refractivity contribution in [2.24, 2.45) is 0 Å². The van der Waals surface area contributed by atoms with Crippen LogP contribution in [0.4, 0.5) is 0 Å². The van der Waals surface area contributed by atoms with Gasteiger partial charge in [-0.05, 0) is 50.3 Å². The quantitative estimate of drug-likeness (QED) is 0.569. The average molecular weight is 398 g/mol. The van der Waals surface area contributed by atoms with Gasteiger partial charge in [0, 0.05) is 42.5 Å². The molecule has 0 spiro atoms. The van der Waals surface area contributed by atoms with Crippen LogP contribution in [0.5, 0.6) is 5.75 Å². The van der Waals surface area contributed by atoms with Crippen molar-refractivity contribution in [3.63, 3.8) is 0 Å². The normalized spacial score (nSPS) is 10.8. The van der Waals surface area contributed by atoms with E-state index in [2.05, 4.69) is 20.5 Å². The van der Waals surface area contributed by atoms with Gasteiger partial charge in [0.2, 0.25) is 0 Å². The van der Waals surface area contributed by atoms with E-state index in [1.807, 2.05) is 36.6 Å². The minimum atomic E-state index is -0.156. The predicted octanol–water partition coefficient (Wildman–Crippen LogP) is 3.47. The molecule has 0 aliphatic rings. The van der Waals surface area contributed by atoms with Gasteiger partial charge in [0.05, 0.1) is 0 Å². The standard InChI is InChI=1S/C20H23N5O2S/c1-14(2)25-18(23-24-20(25)28)8-10-22-19(26)16-6-3-7-17(11-16)27-13-15-5-4-9-21-12-15/h3-7,9,11-12,14H,8,10,13H2,1-2H3,(H,22,26)(H,24,28). The number of carbonyl (C=O) groups excluding carboxylic acids is 1. The smallest absolute Gasteiger partial charge is 0.251 e. The second-order valence-corrected chi connectivity index (χ2v) is 6.98. The van der Waals surface area contributed by atoms with Crippen molar-refractivity contribution in [1.29, 1.82) is 0 Å². The number of nitrogens with zero attached hydrogens (tertiary/aromatic N) is 3. The van der Waals surface area contributed by atoms with E-state index >= 15 is 0 Å². The van der Waals surface area contributed by atoms with E-state index in [1.165, 1.54) is 0 Å². The van der Waals surface area contributed by atoms with Crippen molar-refractivity contribution in [1.82, 2.24) is 25.1 Å². The number of carbonyl (C=O) groups is 1. The van der Waals surface area contributed by atoms with E-state index in [-0.39, 0.29) is 11.9 Å². The summed E-state index contributed by atoms with van der Waals surface area (Å²) in [5, 5.41) is 9.97. The summed E-state index contributed by atoms with van der Waals surface area (Å²) in [6, 6.07) is 11.1. The molecule has 0 fully saturated rings. The molecule has 3 rings (SSSR count). The van der Waals surface area contributed by atoms with Crippen LogP contribution in [0.15, 0.2) is 48.8 Å². The maximum Gasteiger partial charge on any atom is 0.251 e. The van der Waals surface area contributed by atoms with Crippen molar-refractivity contribution in [2.75, 3.05) is 6.54 Å². The molecule has 0 unspecified atom stereocenters. The molecule has 3 aromatic rings. The van der Waals surface area contributed by atoms with E-state index in [9.17, 15) is 4.79 Å². The molecule has 7 nitrogen and oxygen atoms in total. The third-order valence-corrected chi connectivity index (χ3v) is 4.44. The highest BCUT2D eigenvalue weighted by Gasteiger charge is 2.11. The summed E-state index contributed by atoms with van der Waals surface area (Å²) in [5.41, 5.74) is 1.52. The van der Waals surface area contributed by atoms with Crippen LogP contribution in [0.3, 0.4) is 0 Å². The summed E-state index contributed by atoms with van der Waals surface area (Å²) < 4.78 is 8.30. The highest BCUT2D eigenvalue weighted by Crippen LogP contribution is 2.15. The first-order chi connectivity index (χ1) is 13.5. The Morgan fingerprint density at radius 1 is 1.32 bits per heavy atom. The van der Waals surface area contributed by atoms with Gasteiger partial charge in [-0.2, -0.15) is 5.10 Å². The zero-order valence-electron chi connectivity index (χ0n) is 15.9. The molecule has 1 amide bonds. The van der Waals surface area contributed by atoms with Crippen LogP contribution in [0.1, 0.15) is 41.6 Å². The van der Waals surface area contributed by atoms with Gasteiger partial charge in [0.25, 0.3) is 5.91 Å². The fourth-order valence-electron chi connectivity index (χ4n) is 2.81. The summed E-state index contributed by atoms with van der Waals surface area (Å²) in [6.07, 6.45) is 4.06. The average Bonchev–Trinajstić information content (AvgIpc) is 3.08. The predicted molar refractivity (Wildman–Crippen MR) is 109 cm³/mol. The molecule has 2 aromatic heterocycles. The molecule has 0 saturated carbocycles. The lowest BCUT2D eigenvalue weighted by atomic mass is 10.2. The maximum absolute atomic E-state index is 12.5. The van der Waals surface area contributed by atoms with Gasteiger partial charge in [0.15, 0.2) is 4.77 Å². The van der Waals surface area contributed by atoms with Gasteiger partial charge >= 0.3 is 0 Å². The second kappa shape index (κ2) is 9.27. The molecule has 2 N–H and O–H groups in total. The minimum absolute atomic E-state index is 0.156. The first-order valence-corrected chi connectivity index (χ1v) is 9.51. The van der Waals surface area contributed by atoms with Gasteiger partial charge in [-0.25, -0.2) is 0 Å². The topological polar surface area (TPSA) is 84.8 Å². The maximum atomic E-state index is 12.5. The van der Waals surface area contributed by atoms with Gasteiger partial charge in [-0.3, -0.25) is 14.9 Å². The Bertz CT molecular complexity index is 982. The van der Waals surface area contributed by atoms with Crippen LogP contribution in [0.25, 0.3) is 0 Å². The molecular weight excluding hydrogens is 374 g/mol. The first kappa shape index (κ1) is 19.8. The number of aromatic amines is 1. The number of amides is 1. The second-order valence-electron chi connectivity index (χ2n) is 6.59. The lowest BCUT2D eigenvalue weighted by Crippen LogP contribution is -2.26. The summed E-state index contributed by atoms with van der Waals surface area (Å²) in [6.45, 7) is 4.96. The molecule has 28 heavy (non-hydrogen) atoms. The summed E-state index contributed by atoms with van der Waals surface area (Å²) >= 11 is 5.24. The van der Waals surface area contributed by atoms with Crippen LogP contribution in [0, 0.1) is 4.77 Å². The number of ether oxygens (including phenoxy) is 1. The van der Waals surface area contributed by atoms with Crippen molar-refractivity contribution < 1.29 is 9.53 Å². The van der Waals surface area contributed by atoms with Gasteiger partial charge in [0.1, 0.15) is 18.2 Å². The number of benzene rings is 1. The largest absolute Gasteiger partial charge is 0.489 e. The molecule has 0 aliphatic heterocycles. The van der Waals surface area contributed by atoms with E-state index in [0.29, 0.717) is 35.7 Å². The number of pyridine rings is 1. The molecule has 1 aromatic carbocycles. The van der Waals surface area contributed by atoms with E-state index in [1.54, 1.807) is 30.6 Å². The minimum Gasteiger partial charge on any atom is -0.489 e. The van der Waals surface area contributed by atoms with Crippen molar-refractivity contribution in [3.05, 3.63) is 70.5 Å². The number of hydrogen-bond donors (Lipinski definition) is 2. The molecule has 8 heteroatoms. The molecule has 0 aliphatic carbocycles. The van der Waals surface area contributed by atoms with Crippen LogP contribution >= 0.6 is 12.2 Å². The zero-order chi connectivity index (χ0) is 19.9. The van der Waals surface area contributed by atoms with E-state index in [4.69, 9.17) is 17.0 Å². The summed E-state index contributed by atoms with van der Waals surface area (Å²) in [5.74, 6) is 1.31. The Hall–Kier alpha value is -3.00. The van der Waals surface area contributed by atoms with E-state index in [0.717, 1.165) is 11.4 Å². The van der Waals surface area contributed by atoms with Gasteiger partial charge in [-0.1, -0.05) is 12.1 Å². The molecule has 2 heterocycles. The summed E-state index contributed by atoms with van der Waals surface area (Å²) in [4.78, 5) is 16.5. The third kappa shape index (κ3) is 5.04. The summed E-state index contributed by atoms with van der Waals surface area (Å²) in [7, 11) is 0. The van der Waals surface area contributed by atoms with Crippen molar-refractivity contribution in [2.45, 2.75) is 32.9 Å². The molecule has 0 bridgehead atoms. The van der Waals surface area contributed by atoms with Crippen LogP contribution < -0.4 is 10.1 Å². The Labute approximate surface area is 168 Å². The Morgan fingerprint density at radius 3 is 2.93 bits per heavy atom. The third-order valence-electron chi connectivity index (χ3n) is 4.15. The van der Waals surface area contributed by atoms with Gasteiger partial charge < -0.3 is 14.6 Å². The fourth-order valence-corrected chi connectivity index (χ4v) is 3.18. The number of H-pyrrole nitrogens is 1. The van der Waals surface area contributed by atoms with Crippen molar-refractivity contribution in [3.8, 4) is 5.75 Å². The Kier molecular flexibility index (Phi) is 6.54. The van der Waals surface area contributed by atoms with Gasteiger partial charge in [-0.15, -0.1) is 0 Å². The highest BCUT2D eigenvalue weighted by atomic mass is 32.1.